The molecule has 0 amide bonds. The second-order valence-corrected chi connectivity index (χ2v) is 4.95. The Bertz CT molecular complexity index is 379. The summed E-state index contributed by atoms with van der Waals surface area (Å²) in [7, 11) is 0. The van der Waals surface area contributed by atoms with Crippen LogP contribution in [-0.4, -0.2) is 13.1 Å². The average Bonchev–Trinajstić information content (AvgIpc) is 2.57. The summed E-state index contributed by atoms with van der Waals surface area (Å²) in [6, 6.07) is 5.73. The van der Waals surface area contributed by atoms with Gasteiger partial charge in [0.05, 0.1) is 5.56 Å². The van der Waals surface area contributed by atoms with E-state index in [0.29, 0.717) is 5.92 Å². The van der Waals surface area contributed by atoms with E-state index in [1.807, 2.05) is 0 Å². The molecule has 1 fully saturated rings. The largest absolute Gasteiger partial charge is 0.416 e. The lowest BCUT2D eigenvalue weighted by atomic mass is 9.92. The first kappa shape index (κ1) is 13.4. The van der Waals surface area contributed by atoms with Crippen LogP contribution in [0.5, 0.6) is 0 Å². The monoisotopic (exact) mass is 257 g/mol. The molecule has 0 bridgehead atoms. The van der Waals surface area contributed by atoms with Crippen LogP contribution in [0.15, 0.2) is 24.3 Å². The van der Waals surface area contributed by atoms with Crippen molar-refractivity contribution in [2.45, 2.75) is 31.9 Å². The van der Waals surface area contributed by atoms with Crippen LogP contribution in [0, 0.1) is 5.92 Å². The van der Waals surface area contributed by atoms with Crippen molar-refractivity contribution in [2.24, 2.45) is 5.92 Å². The third-order valence-corrected chi connectivity index (χ3v) is 3.47. The number of nitrogens with one attached hydrogen (secondary N) is 1. The van der Waals surface area contributed by atoms with E-state index in [9.17, 15) is 13.2 Å². The topological polar surface area (TPSA) is 12.0 Å². The Balaban J connectivity index is 2.04. The lowest BCUT2D eigenvalue weighted by Crippen LogP contribution is -2.14. The van der Waals surface area contributed by atoms with E-state index < -0.39 is 11.7 Å². The molecule has 4 heteroatoms. The van der Waals surface area contributed by atoms with E-state index >= 15 is 0 Å². The zero-order chi connectivity index (χ0) is 13.0. The van der Waals surface area contributed by atoms with E-state index in [0.717, 1.165) is 50.4 Å². The Kier molecular flexibility index (Phi) is 4.27. The molecule has 1 saturated heterocycles. The van der Waals surface area contributed by atoms with Crippen molar-refractivity contribution in [2.75, 3.05) is 13.1 Å². The summed E-state index contributed by atoms with van der Waals surface area (Å²) in [6.45, 7) is 2.00. The van der Waals surface area contributed by atoms with Gasteiger partial charge in [-0.2, -0.15) is 13.2 Å². The highest BCUT2D eigenvalue weighted by Gasteiger charge is 2.30. The summed E-state index contributed by atoms with van der Waals surface area (Å²) in [5.41, 5.74) is 0.267. The molecule has 0 aromatic heterocycles. The molecule has 1 N–H and O–H groups in total. The van der Waals surface area contributed by atoms with Gasteiger partial charge in [-0.1, -0.05) is 18.2 Å². The van der Waals surface area contributed by atoms with Gasteiger partial charge in [0.1, 0.15) is 0 Å². The standard InChI is InChI=1S/C14H18F3N/c15-14(16,17)13-5-1-3-12(10-13)9-11-4-2-7-18-8-6-11/h1,3,5,10-11,18H,2,4,6-9H2. The summed E-state index contributed by atoms with van der Waals surface area (Å²) in [6.07, 6.45) is -0.213. The van der Waals surface area contributed by atoms with Crippen molar-refractivity contribution in [3.63, 3.8) is 0 Å². The molecule has 0 aliphatic carbocycles. The number of alkyl halides is 3. The summed E-state index contributed by atoms with van der Waals surface area (Å²) in [4.78, 5) is 0. The summed E-state index contributed by atoms with van der Waals surface area (Å²) >= 11 is 0. The SMILES string of the molecule is FC(F)(F)c1cccc(CC2CCCNCC2)c1. The molecule has 1 nitrogen and oxygen atoms in total. The van der Waals surface area contributed by atoms with Crippen molar-refractivity contribution < 1.29 is 13.2 Å². The normalized spacial score (nSPS) is 21.6. The van der Waals surface area contributed by atoms with Gasteiger partial charge in [-0.05, 0) is 56.3 Å². The maximum Gasteiger partial charge on any atom is 0.416 e. The van der Waals surface area contributed by atoms with Gasteiger partial charge in [-0.3, -0.25) is 0 Å². The van der Waals surface area contributed by atoms with E-state index in [2.05, 4.69) is 5.32 Å². The predicted octanol–water partition coefficient (Wildman–Crippen LogP) is 3.64. The molecule has 2 rings (SSSR count). The van der Waals surface area contributed by atoms with Gasteiger partial charge >= 0.3 is 6.18 Å². The quantitative estimate of drug-likeness (QED) is 0.853. The van der Waals surface area contributed by atoms with E-state index in [-0.39, 0.29) is 0 Å². The maximum atomic E-state index is 12.6. The Hall–Kier alpha value is -1.03. The van der Waals surface area contributed by atoms with Crippen LogP contribution in [-0.2, 0) is 12.6 Å². The lowest BCUT2D eigenvalue weighted by molar-refractivity contribution is -0.137. The van der Waals surface area contributed by atoms with Crippen LogP contribution in [0.3, 0.4) is 0 Å². The van der Waals surface area contributed by atoms with E-state index in [4.69, 9.17) is 0 Å². The minimum atomic E-state index is -4.24. The Morgan fingerprint density at radius 2 is 2.00 bits per heavy atom. The molecule has 1 atom stereocenters. The average molecular weight is 257 g/mol. The summed E-state index contributed by atoms with van der Waals surface area (Å²) in [5, 5.41) is 3.32. The second-order valence-electron chi connectivity index (χ2n) is 4.95. The summed E-state index contributed by atoms with van der Waals surface area (Å²) in [5.74, 6) is 0.503. The van der Waals surface area contributed by atoms with E-state index in [1.165, 1.54) is 12.1 Å². The molecule has 1 aromatic rings. The maximum absolute atomic E-state index is 12.6. The molecule has 1 heterocycles. The molecular formula is C14H18F3N. The minimum Gasteiger partial charge on any atom is -0.317 e. The molecule has 1 aliphatic rings. The number of rotatable bonds is 2. The zero-order valence-corrected chi connectivity index (χ0v) is 10.3. The smallest absolute Gasteiger partial charge is 0.317 e. The van der Waals surface area contributed by atoms with Crippen LogP contribution in [0.1, 0.15) is 30.4 Å². The fourth-order valence-corrected chi connectivity index (χ4v) is 2.50. The molecule has 0 radical (unpaired) electrons. The van der Waals surface area contributed by atoms with Crippen molar-refractivity contribution >= 4 is 0 Å². The van der Waals surface area contributed by atoms with Crippen LogP contribution in [0.4, 0.5) is 13.2 Å². The van der Waals surface area contributed by atoms with Crippen molar-refractivity contribution in [3.8, 4) is 0 Å². The number of hydrogen-bond donors (Lipinski definition) is 1. The first-order chi connectivity index (χ1) is 8.55. The van der Waals surface area contributed by atoms with Gasteiger partial charge in [0.25, 0.3) is 0 Å². The van der Waals surface area contributed by atoms with Gasteiger partial charge in [-0.15, -0.1) is 0 Å². The Morgan fingerprint density at radius 1 is 1.17 bits per heavy atom. The van der Waals surface area contributed by atoms with Gasteiger partial charge in [0.15, 0.2) is 0 Å². The van der Waals surface area contributed by atoms with Gasteiger partial charge < -0.3 is 5.32 Å². The molecule has 1 unspecified atom stereocenters. The summed E-state index contributed by atoms with van der Waals surface area (Å²) < 4.78 is 37.8. The molecule has 1 aliphatic heterocycles. The third-order valence-electron chi connectivity index (χ3n) is 3.47. The Labute approximate surface area is 105 Å². The van der Waals surface area contributed by atoms with Crippen molar-refractivity contribution in [1.29, 1.82) is 0 Å². The van der Waals surface area contributed by atoms with Crippen LogP contribution in [0.25, 0.3) is 0 Å². The highest BCUT2D eigenvalue weighted by Crippen LogP contribution is 2.30. The third kappa shape index (κ3) is 3.73. The van der Waals surface area contributed by atoms with Gasteiger partial charge in [-0.25, -0.2) is 0 Å². The molecule has 0 saturated carbocycles. The molecule has 1 aromatic carbocycles. The number of halogens is 3. The van der Waals surface area contributed by atoms with Crippen LogP contribution < -0.4 is 5.32 Å². The Morgan fingerprint density at radius 3 is 2.78 bits per heavy atom. The number of hydrogen-bond acceptors (Lipinski definition) is 1. The highest BCUT2D eigenvalue weighted by molar-refractivity contribution is 5.26. The fourth-order valence-electron chi connectivity index (χ4n) is 2.50. The van der Waals surface area contributed by atoms with Gasteiger partial charge in [0, 0.05) is 0 Å². The first-order valence-corrected chi connectivity index (χ1v) is 6.42. The molecule has 0 spiro atoms. The minimum absolute atomic E-state index is 0.503. The zero-order valence-electron chi connectivity index (χ0n) is 10.3. The predicted molar refractivity (Wildman–Crippen MR) is 65.4 cm³/mol. The van der Waals surface area contributed by atoms with Gasteiger partial charge in [0.2, 0.25) is 0 Å². The second kappa shape index (κ2) is 5.74. The molecule has 18 heavy (non-hydrogen) atoms. The van der Waals surface area contributed by atoms with Crippen molar-refractivity contribution in [1.82, 2.24) is 5.32 Å². The van der Waals surface area contributed by atoms with Crippen molar-refractivity contribution in [3.05, 3.63) is 35.4 Å². The molecule has 100 valence electrons. The first-order valence-electron chi connectivity index (χ1n) is 6.42. The number of benzene rings is 1. The highest BCUT2D eigenvalue weighted by atomic mass is 19.4. The van der Waals surface area contributed by atoms with Crippen LogP contribution >= 0.6 is 0 Å². The lowest BCUT2D eigenvalue weighted by Gasteiger charge is -2.15. The fraction of sp³-hybridized carbons (Fsp3) is 0.571. The molecular weight excluding hydrogens is 239 g/mol. The van der Waals surface area contributed by atoms with Crippen LogP contribution in [0.2, 0.25) is 0 Å². The van der Waals surface area contributed by atoms with E-state index in [1.54, 1.807) is 6.07 Å².